The molecule has 4 nitrogen and oxygen atoms in total. The number of rotatable bonds is 7. The van der Waals surface area contributed by atoms with Gasteiger partial charge in [0.25, 0.3) is 0 Å². The summed E-state index contributed by atoms with van der Waals surface area (Å²) in [4.78, 5) is 0.240. The smallest absolute Gasteiger partial charge is 0.243 e. The molecular weight excluding hydrogens is 274 g/mol. The zero-order chi connectivity index (χ0) is 15.3. The van der Waals surface area contributed by atoms with E-state index in [1.165, 1.54) is 10.4 Å². The first kappa shape index (κ1) is 16.9. The van der Waals surface area contributed by atoms with Gasteiger partial charge in [-0.1, -0.05) is 37.6 Å². The molecule has 20 heavy (non-hydrogen) atoms. The van der Waals surface area contributed by atoms with Crippen LogP contribution in [0.4, 0.5) is 0 Å². The standard InChI is InChI=1S/C15H23NO3S/c1-5-10-16(15(11-17)12(2)3)20(18,19)14-8-6-13(4)7-9-14/h5-9,12,15,17H,1,10-11H2,2-4H3/t15-/m1/s1. The highest BCUT2D eigenvalue weighted by Gasteiger charge is 2.31. The Morgan fingerprint density at radius 2 is 1.85 bits per heavy atom. The molecule has 0 amide bonds. The van der Waals surface area contributed by atoms with E-state index in [1.54, 1.807) is 24.3 Å². The maximum Gasteiger partial charge on any atom is 0.243 e. The largest absolute Gasteiger partial charge is 0.395 e. The van der Waals surface area contributed by atoms with Gasteiger partial charge in [0.15, 0.2) is 0 Å². The molecule has 1 atom stereocenters. The molecule has 1 aromatic rings. The number of aliphatic hydroxyl groups is 1. The van der Waals surface area contributed by atoms with E-state index < -0.39 is 16.1 Å². The Balaban J connectivity index is 3.24. The lowest BCUT2D eigenvalue weighted by atomic mass is 10.1. The summed E-state index contributed by atoms with van der Waals surface area (Å²) in [6, 6.07) is 6.26. The van der Waals surface area contributed by atoms with Gasteiger partial charge in [-0.2, -0.15) is 4.31 Å². The number of sulfonamides is 1. The molecule has 0 aliphatic heterocycles. The van der Waals surface area contributed by atoms with E-state index in [4.69, 9.17) is 0 Å². The van der Waals surface area contributed by atoms with E-state index in [0.717, 1.165) is 5.56 Å². The van der Waals surface area contributed by atoms with Crippen LogP contribution in [-0.2, 0) is 10.0 Å². The second-order valence-electron chi connectivity index (χ2n) is 5.17. The summed E-state index contributed by atoms with van der Waals surface area (Å²) in [6.07, 6.45) is 1.54. The van der Waals surface area contributed by atoms with Gasteiger partial charge in [0, 0.05) is 6.54 Å². The van der Waals surface area contributed by atoms with Gasteiger partial charge < -0.3 is 5.11 Å². The fourth-order valence-electron chi connectivity index (χ4n) is 2.02. The third-order valence-electron chi connectivity index (χ3n) is 3.26. The maximum absolute atomic E-state index is 12.7. The highest BCUT2D eigenvalue weighted by molar-refractivity contribution is 7.89. The van der Waals surface area contributed by atoms with E-state index in [1.807, 2.05) is 20.8 Å². The van der Waals surface area contributed by atoms with Crippen LogP contribution < -0.4 is 0 Å². The fourth-order valence-corrected chi connectivity index (χ4v) is 3.74. The first-order valence-electron chi connectivity index (χ1n) is 6.64. The van der Waals surface area contributed by atoms with Gasteiger partial charge in [0.2, 0.25) is 10.0 Å². The predicted octanol–water partition coefficient (Wildman–Crippen LogP) is 2.19. The fraction of sp³-hybridized carbons (Fsp3) is 0.467. The molecule has 0 fully saturated rings. The summed E-state index contributed by atoms with van der Waals surface area (Å²) in [6.45, 7) is 9.26. The van der Waals surface area contributed by atoms with E-state index >= 15 is 0 Å². The van der Waals surface area contributed by atoms with Crippen LogP contribution in [0.5, 0.6) is 0 Å². The van der Waals surface area contributed by atoms with Crippen LogP contribution in [0.2, 0.25) is 0 Å². The summed E-state index contributed by atoms with van der Waals surface area (Å²) in [5.41, 5.74) is 1.00. The third kappa shape index (κ3) is 3.69. The molecule has 0 radical (unpaired) electrons. The highest BCUT2D eigenvalue weighted by atomic mass is 32.2. The Kier molecular flexibility index (Phi) is 5.92. The first-order valence-corrected chi connectivity index (χ1v) is 8.08. The Labute approximate surface area is 121 Å². The van der Waals surface area contributed by atoms with Crippen LogP contribution >= 0.6 is 0 Å². The third-order valence-corrected chi connectivity index (χ3v) is 5.17. The van der Waals surface area contributed by atoms with Gasteiger partial charge in [-0.25, -0.2) is 8.42 Å². The van der Waals surface area contributed by atoms with E-state index in [2.05, 4.69) is 6.58 Å². The average molecular weight is 297 g/mol. The molecule has 1 rings (SSSR count). The lowest BCUT2D eigenvalue weighted by Gasteiger charge is -2.31. The van der Waals surface area contributed by atoms with Crippen LogP contribution in [0.25, 0.3) is 0 Å². The van der Waals surface area contributed by atoms with Crippen molar-refractivity contribution in [2.24, 2.45) is 5.92 Å². The number of hydrogen-bond donors (Lipinski definition) is 1. The molecule has 0 aliphatic carbocycles. The number of nitrogens with zero attached hydrogens (tertiary/aromatic N) is 1. The Morgan fingerprint density at radius 3 is 2.25 bits per heavy atom. The molecule has 0 saturated carbocycles. The van der Waals surface area contributed by atoms with Gasteiger partial charge in [-0.15, -0.1) is 6.58 Å². The number of aryl methyl sites for hydroxylation is 1. The summed E-state index contributed by atoms with van der Waals surface area (Å²) in [5, 5.41) is 9.51. The Bertz CT molecular complexity index is 535. The minimum absolute atomic E-state index is 0.0140. The van der Waals surface area contributed by atoms with Crippen molar-refractivity contribution in [1.29, 1.82) is 0 Å². The molecule has 0 bridgehead atoms. The van der Waals surface area contributed by atoms with Crippen molar-refractivity contribution >= 4 is 10.0 Å². The highest BCUT2D eigenvalue weighted by Crippen LogP contribution is 2.22. The minimum Gasteiger partial charge on any atom is -0.395 e. The van der Waals surface area contributed by atoms with Gasteiger partial charge in [-0.05, 0) is 25.0 Å². The number of hydrogen-bond acceptors (Lipinski definition) is 3. The Hall–Kier alpha value is -1.17. The summed E-state index contributed by atoms with van der Waals surface area (Å²) < 4.78 is 26.7. The molecule has 0 aromatic heterocycles. The minimum atomic E-state index is -3.63. The first-order chi connectivity index (χ1) is 9.34. The van der Waals surface area contributed by atoms with Crippen LogP contribution in [0.3, 0.4) is 0 Å². The lowest BCUT2D eigenvalue weighted by molar-refractivity contribution is 0.159. The quantitative estimate of drug-likeness (QED) is 0.785. The monoisotopic (exact) mass is 297 g/mol. The molecule has 0 unspecified atom stereocenters. The predicted molar refractivity (Wildman–Crippen MR) is 81.0 cm³/mol. The molecule has 0 saturated heterocycles. The van der Waals surface area contributed by atoms with E-state index in [9.17, 15) is 13.5 Å². The lowest BCUT2D eigenvalue weighted by Crippen LogP contribution is -2.45. The average Bonchev–Trinajstić information content (AvgIpc) is 2.38. The number of benzene rings is 1. The molecule has 112 valence electrons. The number of aliphatic hydroxyl groups excluding tert-OH is 1. The normalized spacial score (nSPS) is 13.7. The molecular formula is C15H23NO3S. The van der Waals surface area contributed by atoms with Crippen molar-refractivity contribution in [3.63, 3.8) is 0 Å². The molecule has 0 heterocycles. The van der Waals surface area contributed by atoms with Gasteiger partial charge >= 0.3 is 0 Å². The van der Waals surface area contributed by atoms with Gasteiger partial charge in [-0.3, -0.25) is 0 Å². The molecule has 1 N–H and O–H groups in total. The van der Waals surface area contributed by atoms with Gasteiger partial charge in [0.1, 0.15) is 0 Å². The summed E-state index contributed by atoms with van der Waals surface area (Å²) in [5.74, 6) is 0.0140. The van der Waals surface area contributed by atoms with Crippen molar-refractivity contribution < 1.29 is 13.5 Å². The second-order valence-corrected chi connectivity index (χ2v) is 7.06. The van der Waals surface area contributed by atoms with Crippen LogP contribution in [-0.4, -0.2) is 37.0 Å². The van der Waals surface area contributed by atoms with E-state index in [-0.39, 0.29) is 24.0 Å². The van der Waals surface area contributed by atoms with Crippen molar-refractivity contribution in [3.05, 3.63) is 42.5 Å². The maximum atomic E-state index is 12.7. The molecule has 5 heteroatoms. The Morgan fingerprint density at radius 1 is 1.30 bits per heavy atom. The zero-order valence-corrected chi connectivity index (χ0v) is 13.1. The van der Waals surface area contributed by atoms with Crippen LogP contribution in [0.1, 0.15) is 19.4 Å². The van der Waals surface area contributed by atoms with Crippen molar-refractivity contribution in [2.75, 3.05) is 13.2 Å². The van der Waals surface area contributed by atoms with Crippen molar-refractivity contribution in [1.82, 2.24) is 4.31 Å². The van der Waals surface area contributed by atoms with Crippen molar-refractivity contribution in [2.45, 2.75) is 31.7 Å². The SMILES string of the molecule is C=CCN([C@H](CO)C(C)C)S(=O)(=O)c1ccc(C)cc1. The summed E-state index contributed by atoms with van der Waals surface area (Å²) in [7, 11) is -3.63. The molecule has 0 aliphatic rings. The van der Waals surface area contributed by atoms with Gasteiger partial charge in [0.05, 0.1) is 17.5 Å². The zero-order valence-electron chi connectivity index (χ0n) is 12.3. The summed E-state index contributed by atoms with van der Waals surface area (Å²) >= 11 is 0. The topological polar surface area (TPSA) is 57.6 Å². The molecule has 1 aromatic carbocycles. The second kappa shape index (κ2) is 7.02. The molecule has 0 spiro atoms. The van der Waals surface area contributed by atoms with Crippen molar-refractivity contribution in [3.8, 4) is 0 Å². The van der Waals surface area contributed by atoms with E-state index in [0.29, 0.717) is 0 Å². The van der Waals surface area contributed by atoms with Crippen LogP contribution in [0.15, 0.2) is 41.8 Å². The van der Waals surface area contributed by atoms with Crippen LogP contribution in [0, 0.1) is 12.8 Å².